The van der Waals surface area contributed by atoms with Crippen LogP contribution in [0.25, 0.3) is 0 Å². The van der Waals surface area contributed by atoms with Gasteiger partial charge in [0.1, 0.15) is 11.9 Å². The van der Waals surface area contributed by atoms with Gasteiger partial charge in [0.05, 0.1) is 24.5 Å². The minimum absolute atomic E-state index is 0.0251. The molecule has 3 heterocycles. The maximum atomic E-state index is 14.6. The van der Waals surface area contributed by atoms with Crippen molar-refractivity contribution in [2.24, 2.45) is 11.3 Å². The van der Waals surface area contributed by atoms with Gasteiger partial charge in [-0.2, -0.15) is 11.8 Å². The SMILES string of the molecule is O=C(NCC1CN(c2ccc(N3CC4(CSC4)C3)c(F)c2)C(=O)O1)C1CC1. The molecule has 0 bridgehead atoms. The van der Waals surface area contributed by atoms with Crippen LogP contribution in [0.3, 0.4) is 0 Å². The van der Waals surface area contributed by atoms with Crippen molar-refractivity contribution >= 4 is 35.1 Å². The lowest BCUT2D eigenvalue weighted by atomic mass is 9.82. The third-order valence-corrected chi connectivity index (χ3v) is 7.41. The second-order valence-electron chi connectivity index (χ2n) is 8.12. The second kappa shape index (κ2) is 6.29. The molecule has 1 aliphatic carbocycles. The molecule has 4 aliphatic rings. The molecule has 5 rings (SSSR count). The normalized spacial score (nSPS) is 25.8. The highest BCUT2D eigenvalue weighted by molar-refractivity contribution is 8.00. The fourth-order valence-electron chi connectivity index (χ4n) is 3.97. The van der Waals surface area contributed by atoms with Crippen LogP contribution in [-0.2, 0) is 9.53 Å². The Bertz CT molecular complexity index is 788. The zero-order chi connectivity index (χ0) is 18.6. The summed E-state index contributed by atoms with van der Waals surface area (Å²) in [5.74, 6) is 2.17. The summed E-state index contributed by atoms with van der Waals surface area (Å²) >= 11 is 1.95. The summed E-state index contributed by atoms with van der Waals surface area (Å²) in [6.45, 7) is 2.42. The van der Waals surface area contributed by atoms with E-state index in [4.69, 9.17) is 4.74 Å². The standard InChI is InChI=1S/C19H22FN3O3S/c20-15-5-13(3-4-16(15)22-8-19(9-22)10-27-11-19)23-7-14(26-18(23)25)6-21-17(24)12-1-2-12/h3-5,12,14H,1-2,6-11H2,(H,21,24). The van der Waals surface area contributed by atoms with E-state index in [1.807, 2.05) is 11.8 Å². The van der Waals surface area contributed by atoms with Crippen molar-refractivity contribution in [3.05, 3.63) is 24.0 Å². The number of benzene rings is 1. The number of nitrogens with zero attached hydrogens (tertiary/aromatic N) is 2. The Morgan fingerprint density at radius 1 is 1.33 bits per heavy atom. The molecule has 1 unspecified atom stereocenters. The Balaban J connectivity index is 1.21. The first-order valence-electron chi connectivity index (χ1n) is 9.41. The number of halogens is 1. The summed E-state index contributed by atoms with van der Waals surface area (Å²) in [4.78, 5) is 27.4. The van der Waals surface area contributed by atoms with Gasteiger partial charge in [0, 0.05) is 35.9 Å². The quantitative estimate of drug-likeness (QED) is 0.834. The van der Waals surface area contributed by atoms with E-state index >= 15 is 0 Å². The summed E-state index contributed by atoms with van der Waals surface area (Å²) in [6, 6.07) is 4.92. The highest BCUT2D eigenvalue weighted by atomic mass is 32.2. The molecule has 1 aromatic rings. The van der Waals surface area contributed by atoms with Gasteiger partial charge in [-0.25, -0.2) is 9.18 Å². The molecular formula is C19H22FN3O3S. The van der Waals surface area contributed by atoms with E-state index in [9.17, 15) is 14.0 Å². The van der Waals surface area contributed by atoms with Crippen molar-refractivity contribution in [3.63, 3.8) is 0 Å². The van der Waals surface area contributed by atoms with Gasteiger partial charge >= 0.3 is 6.09 Å². The van der Waals surface area contributed by atoms with E-state index in [-0.39, 0.29) is 17.6 Å². The second-order valence-corrected chi connectivity index (χ2v) is 9.11. The van der Waals surface area contributed by atoms with Gasteiger partial charge in [0.2, 0.25) is 5.91 Å². The van der Waals surface area contributed by atoms with E-state index in [1.165, 1.54) is 22.5 Å². The number of hydrogen-bond acceptors (Lipinski definition) is 5. The fraction of sp³-hybridized carbons (Fsp3) is 0.579. The maximum Gasteiger partial charge on any atom is 0.414 e. The Labute approximate surface area is 161 Å². The van der Waals surface area contributed by atoms with Gasteiger partial charge in [-0.15, -0.1) is 0 Å². The van der Waals surface area contributed by atoms with Crippen LogP contribution in [0.5, 0.6) is 0 Å². The first-order chi connectivity index (χ1) is 13.0. The average molecular weight is 391 g/mol. The molecule has 1 atom stereocenters. The van der Waals surface area contributed by atoms with Crippen LogP contribution in [0.1, 0.15) is 12.8 Å². The van der Waals surface area contributed by atoms with Crippen molar-refractivity contribution in [1.82, 2.24) is 5.32 Å². The number of amides is 2. The third kappa shape index (κ3) is 3.13. The van der Waals surface area contributed by atoms with Gasteiger partial charge in [-0.05, 0) is 31.0 Å². The van der Waals surface area contributed by atoms with Gasteiger partial charge in [-0.1, -0.05) is 0 Å². The zero-order valence-electron chi connectivity index (χ0n) is 14.9. The molecule has 4 fully saturated rings. The number of rotatable bonds is 5. The highest BCUT2D eigenvalue weighted by Crippen LogP contribution is 2.47. The predicted octanol–water partition coefficient (Wildman–Crippen LogP) is 2.23. The Morgan fingerprint density at radius 3 is 2.74 bits per heavy atom. The number of cyclic esters (lactones) is 1. The lowest BCUT2D eigenvalue weighted by Gasteiger charge is -2.56. The van der Waals surface area contributed by atoms with Crippen LogP contribution in [0.2, 0.25) is 0 Å². The third-order valence-electron chi connectivity index (χ3n) is 5.78. The van der Waals surface area contributed by atoms with Crippen molar-refractivity contribution in [2.45, 2.75) is 18.9 Å². The summed E-state index contributed by atoms with van der Waals surface area (Å²) in [7, 11) is 0. The molecule has 144 valence electrons. The molecule has 2 amide bonds. The van der Waals surface area contributed by atoms with Crippen molar-refractivity contribution in [3.8, 4) is 0 Å². The summed E-state index contributed by atoms with van der Waals surface area (Å²) < 4.78 is 20.0. The number of ether oxygens (including phenoxy) is 1. The van der Waals surface area contributed by atoms with Gasteiger partial charge in [0.25, 0.3) is 0 Å². The Kier molecular flexibility index (Phi) is 4.00. The van der Waals surface area contributed by atoms with Crippen molar-refractivity contribution < 1.29 is 18.7 Å². The van der Waals surface area contributed by atoms with Crippen LogP contribution < -0.4 is 15.1 Å². The van der Waals surface area contributed by atoms with Crippen LogP contribution in [0.4, 0.5) is 20.6 Å². The summed E-state index contributed by atoms with van der Waals surface area (Å²) in [5.41, 5.74) is 1.49. The topological polar surface area (TPSA) is 61.9 Å². The minimum Gasteiger partial charge on any atom is -0.442 e. The molecule has 8 heteroatoms. The number of carbonyl (C=O) groups excluding carboxylic acids is 2. The van der Waals surface area contributed by atoms with E-state index < -0.39 is 12.2 Å². The molecule has 27 heavy (non-hydrogen) atoms. The maximum absolute atomic E-state index is 14.6. The first-order valence-corrected chi connectivity index (χ1v) is 10.6. The largest absolute Gasteiger partial charge is 0.442 e. The average Bonchev–Trinajstić information content (AvgIpc) is 3.35. The van der Waals surface area contributed by atoms with E-state index in [0.717, 1.165) is 25.9 Å². The molecule has 0 aromatic heterocycles. The summed E-state index contributed by atoms with van der Waals surface area (Å²) in [6.07, 6.45) is 0.965. The van der Waals surface area contributed by atoms with E-state index in [0.29, 0.717) is 29.9 Å². The van der Waals surface area contributed by atoms with Crippen LogP contribution >= 0.6 is 11.8 Å². The first kappa shape index (κ1) is 17.2. The molecule has 3 saturated heterocycles. The molecule has 0 radical (unpaired) electrons. The lowest BCUT2D eigenvalue weighted by Crippen LogP contribution is -2.63. The lowest BCUT2D eigenvalue weighted by molar-refractivity contribution is -0.122. The van der Waals surface area contributed by atoms with Crippen molar-refractivity contribution in [1.29, 1.82) is 0 Å². The van der Waals surface area contributed by atoms with Gasteiger partial charge < -0.3 is 15.0 Å². The molecule has 1 N–H and O–H groups in total. The molecule has 1 spiro atoms. The summed E-state index contributed by atoms with van der Waals surface area (Å²) in [5, 5.41) is 2.82. The minimum atomic E-state index is -0.498. The van der Waals surface area contributed by atoms with Crippen molar-refractivity contribution in [2.75, 3.05) is 47.5 Å². The highest BCUT2D eigenvalue weighted by Gasteiger charge is 2.48. The molecule has 6 nitrogen and oxygen atoms in total. The number of hydrogen-bond donors (Lipinski definition) is 1. The van der Waals surface area contributed by atoms with Crippen LogP contribution in [0, 0.1) is 17.2 Å². The predicted molar refractivity (Wildman–Crippen MR) is 102 cm³/mol. The molecule has 1 saturated carbocycles. The fourth-order valence-corrected chi connectivity index (χ4v) is 5.12. The van der Waals surface area contributed by atoms with Crippen LogP contribution in [0.15, 0.2) is 18.2 Å². The zero-order valence-corrected chi connectivity index (χ0v) is 15.8. The number of carbonyl (C=O) groups is 2. The number of anilines is 2. The van der Waals surface area contributed by atoms with E-state index in [2.05, 4.69) is 10.2 Å². The molecular weight excluding hydrogens is 369 g/mol. The van der Waals surface area contributed by atoms with Gasteiger partial charge in [0.15, 0.2) is 0 Å². The smallest absolute Gasteiger partial charge is 0.414 e. The van der Waals surface area contributed by atoms with E-state index in [1.54, 1.807) is 12.1 Å². The number of nitrogens with one attached hydrogen (secondary N) is 1. The van der Waals surface area contributed by atoms with Crippen LogP contribution in [-0.4, -0.2) is 55.8 Å². The molecule has 3 aliphatic heterocycles. The Hall–Kier alpha value is -1.96. The monoisotopic (exact) mass is 391 g/mol. The Morgan fingerprint density at radius 2 is 2.11 bits per heavy atom. The van der Waals surface area contributed by atoms with Gasteiger partial charge in [-0.3, -0.25) is 9.69 Å². The number of thioether (sulfide) groups is 1. The molecule has 1 aromatic carbocycles.